The number of hydrogen-bond acceptors (Lipinski definition) is 2. The fourth-order valence-electron chi connectivity index (χ4n) is 5.18. The first-order valence-corrected chi connectivity index (χ1v) is 12.5. The fraction of sp³-hybridized carbons (Fsp3) is 0.267. The third kappa shape index (κ3) is 5.17. The number of hydrogen-bond donors (Lipinski definition) is 1. The monoisotopic (exact) mass is 504 g/mol. The Morgan fingerprint density at radius 2 is 1.54 bits per heavy atom. The Hall–Kier alpha value is -3.87. The highest BCUT2D eigenvalue weighted by molar-refractivity contribution is 6.36. The van der Waals surface area contributed by atoms with Gasteiger partial charge in [0.25, 0.3) is 5.91 Å². The van der Waals surface area contributed by atoms with Gasteiger partial charge in [0.05, 0.1) is 11.3 Å². The van der Waals surface area contributed by atoms with E-state index in [4.69, 9.17) is 0 Å². The topological polar surface area (TPSA) is 49.4 Å². The van der Waals surface area contributed by atoms with E-state index in [0.717, 1.165) is 49.8 Å². The molecule has 0 radical (unpaired) electrons. The average Bonchev–Trinajstić information content (AvgIpc) is 3.16. The van der Waals surface area contributed by atoms with E-state index in [1.165, 1.54) is 17.0 Å². The van der Waals surface area contributed by atoms with Gasteiger partial charge < -0.3 is 5.32 Å². The van der Waals surface area contributed by atoms with Crippen molar-refractivity contribution in [2.75, 3.05) is 4.90 Å². The number of para-hydroxylation sites is 1. The lowest BCUT2D eigenvalue weighted by Crippen LogP contribution is -2.46. The SMILES string of the molecule is O=C(NC1CCCCC1)C(c1ccc(C(F)(F)F)cc1)N1C(=O)/C(=C\c2ccccc2)c2ccccc21. The van der Waals surface area contributed by atoms with Crippen LogP contribution < -0.4 is 10.2 Å². The molecular weight excluding hydrogens is 477 g/mol. The molecule has 3 aromatic carbocycles. The van der Waals surface area contributed by atoms with Gasteiger partial charge in [-0.3, -0.25) is 14.5 Å². The summed E-state index contributed by atoms with van der Waals surface area (Å²) in [5.74, 6) is -0.760. The summed E-state index contributed by atoms with van der Waals surface area (Å²) in [5, 5.41) is 3.08. The minimum absolute atomic E-state index is 0.0227. The second kappa shape index (κ2) is 10.2. The van der Waals surface area contributed by atoms with Gasteiger partial charge in [-0.1, -0.05) is 79.9 Å². The lowest BCUT2D eigenvalue weighted by Gasteiger charge is -2.31. The minimum atomic E-state index is -4.50. The Balaban J connectivity index is 1.58. The molecule has 1 saturated carbocycles. The Morgan fingerprint density at radius 3 is 2.22 bits per heavy atom. The van der Waals surface area contributed by atoms with Crippen LogP contribution in [0.2, 0.25) is 0 Å². The molecule has 1 atom stereocenters. The van der Waals surface area contributed by atoms with Crippen LogP contribution in [0.4, 0.5) is 18.9 Å². The van der Waals surface area contributed by atoms with Crippen LogP contribution >= 0.6 is 0 Å². The summed E-state index contributed by atoms with van der Waals surface area (Å²) in [4.78, 5) is 29.1. The lowest BCUT2D eigenvalue weighted by molar-refractivity contribution is -0.137. The van der Waals surface area contributed by atoms with Gasteiger partial charge in [-0.15, -0.1) is 0 Å². The average molecular weight is 505 g/mol. The minimum Gasteiger partial charge on any atom is -0.351 e. The van der Waals surface area contributed by atoms with Crippen molar-refractivity contribution in [1.29, 1.82) is 0 Å². The van der Waals surface area contributed by atoms with E-state index >= 15 is 0 Å². The molecule has 190 valence electrons. The molecule has 4 nitrogen and oxygen atoms in total. The molecule has 1 fully saturated rings. The van der Waals surface area contributed by atoms with E-state index in [1.807, 2.05) is 42.5 Å². The van der Waals surface area contributed by atoms with Crippen LogP contribution in [0, 0.1) is 0 Å². The first kappa shape index (κ1) is 24.8. The summed E-state index contributed by atoms with van der Waals surface area (Å²) in [6, 6.07) is 20.0. The van der Waals surface area contributed by atoms with Crippen molar-refractivity contribution < 1.29 is 22.8 Å². The van der Waals surface area contributed by atoms with Crippen LogP contribution in [0.1, 0.15) is 60.4 Å². The van der Waals surface area contributed by atoms with Crippen molar-refractivity contribution in [3.63, 3.8) is 0 Å². The second-order valence-electron chi connectivity index (χ2n) is 9.53. The van der Waals surface area contributed by atoms with E-state index in [9.17, 15) is 22.8 Å². The van der Waals surface area contributed by atoms with Crippen LogP contribution in [-0.2, 0) is 15.8 Å². The highest BCUT2D eigenvalue weighted by atomic mass is 19.4. The molecule has 1 aliphatic heterocycles. The van der Waals surface area contributed by atoms with Crippen molar-refractivity contribution in [3.8, 4) is 0 Å². The zero-order chi connectivity index (χ0) is 26.0. The molecular formula is C30H27F3N2O2. The van der Waals surface area contributed by atoms with Crippen LogP contribution in [0.25, 0.3) is 11.6 Å². The predicted octanol–water partition coefficient (Wildman–Crippen LogP) is 6.78. The molecule has 1 heterocycles. The lowest BCUT2D eigenvalue weighted by atomic mass is 9.94. The number of amides is 2. The highest BCUT2D eigenvalue weighted by Gasteiger charge is 2.41. The van der Waals surface area contributed by atoms with Gasteiger partial charge in [-0.2, -0.15) is 13.2 Å². The van der Waals surface area contributed by atoms with Gasteiger partial charge >= 0.3 is 6.18 Å². The maximum Gasteiger partial charge on any atom is 0.416 e. The molecule has 2 aliphatic rings. The third-order valence-electron chi connectivity index (χ3n) is 7.03. The molecule has 0 aromatic heterocycles. The number of carbonyl (C=O) groups excluding carboxylic acids is 2. The largest absolute Gasteiger partial charge is 0.416 e. The molecule has 5 rings (SSSR count). The summed E-state index contributed by atoms with van der Waals surface area (Å²) in [6.07, 6.45) is 2.09. The molecule has 7 heteroatoms. The number of carbonyl (C=O) groups is 2. The molecule has 0 bridgehead atoms. The number of halogens is 3. The highest BCUT2D eigenvalue weighted by Crippen LogP contribution is 2.43. The summed E-state index contributed by atoms with van der Waals surface area (Å²) in [7, 11) is 0. The van der Waals surface area contributed by atoms with Gasteiger partial charge in [-0.05, 0) is 48.2 Å². The van der Waals surface area contributed by atoms with Gasteiger partial charge in [0.1, 0.15) is 6.04 Å². The molecule has 2 amide bonds. The van der Waals surface area contributed by atoms with Crippen LogP contribution in [0.3, 0.4) is 0 Å². The Kier molecular flexibility index (Phi) is 6.87. The predicted molar refractivity (Wildman–Crippen MR) is 137 cm³/mol. The Bertz CT molecular complexity index is 1310. The molecule has 3 aromatic rings. The Morgan fingerprint density at radius 1 is 0.892 bits per heavy atom. The number of anilines is 1. The third-order valence-corrected chi connectivity index (χ3v) is 7.03. The standard InChI is InChI=1S/C30H27F3N2O2/c31-30(32,33)22-17-15-21(16-18-22)27(28(36)34-23-11-5-2-6-12-23)35-26-14-8-7-13-24(26)25(29(35)37)19-20-9-3-1-4-10-20/h1,3-4,7-10,13-19,23,27H,2,5-6,11-12H2,(H,34,36)/b25-19-. The zero-order valence-electron chi connectivity index (χ0n) is 20.2. The van der Waals surface area contributed by atoms with Crippen molar-refractivity contribution in [2.45, 2.75) is 50.4 Å². The maximum atomic E-state index is 13.9. The summed E-state index contributed by atoms with van der Waals surface area (Å²) < 4.78 is 39.8. The normalized spacial score (nSPS) is 18.1. The summed E-state index contributed by atoms with van der Waals surface area (Å²) in [5.41, 5.74) is 2.02. The summed E-state index contributed by atoms with van der Waals surface area (Å²) in [6.45, 7) is 0. The molecule has 0 saturated heterocycles. The smallest absolute Gasteiger partial charge is 0.351 e. The number of fused-ring (bicyclic) bond motifs is 1. The van der Waals surface area contributed by atoms with Crippen molar-refractivity contribution in [2.24, 2.45) is 0 Å². The number of nitrogens with one attached hydrogen (secondary N) is 1. The van der Waals surface area contributed by atoms with Gasteiger partial charge in [-0.25, -0.2) is 0 Å². The first-order valence-electron chi connectivity index (χ1n) is 12.5. The first-order chi connectivity index (χ1) is 17.8. The number of alkyl halides is 3. The van der Waals surface area contributed by atoms with Gasteiger partial charge in [0.15, 0.2) is 0 Å². The second-order valence-corrected chi connectivity index (χ2v) is 9.53. The van der Waals surface area contributed by atoms with Crippen molar-refractivity contribution >= 4 is 29.2 Å². The molecule has 1 aliphatic carbocycles. The van der Waals surface area contributed by atoms with Gasteiger partial charge in [0, 0.05) is 17.2 Å². The molecule has 0 spiro atoms. The zero-order valence-corrected chi connectivity index (χ0v) is 20.2. The molecule has 1 N–H and O–H groups in total. The number of rotatable bonds is 5. The van der Waals surface area contributed by atoms with E-state index < -0.39 is 23.7 Å². The molecule has 1 unspecified atom stereocenters. The maximum absolute atomic E-state index is 13.9. The van der Waals surface area contributed by atoms with Crippen LogP contribution in [0.15, 0.2) is 78.9 Å². The van der Waals surface area contributed by atoms with E-state index in [-0.39, 0.29) is 11.9 Å². The fourth-order valence-corrected chi connectivity index (χ4v) is 5.18. The molecule has 37 heavy (non-hydrogen) atoms. The van der Waals surface area contributed by atoms with E-state index in [0.29, 0.717) is 22.4 Å². The van der Waals surface area contributed by atoms with Crippen LogP contribution in [0.5, 0.6) is 0 Å². The quantitative estimate of drug-likeness (QED) is 0.389. The summed E-state index contributed by atoms with van der Waals surface area (Å²) >= 11 is 0. The van der Waals surface area contributed by atoms with Crippen molar-refractivity contribution in [3.05, 3.63) is 101 Å². The number of benzene rings is 3. The van der Waals surface area contributed by atoms with Crippen molar-refractivity contribution in [1.82, 2.24) is 5.32 Å². The van der Waals surface area contributed by atoms with E-state index in [2.05, 4.69) is 5.32 Å². The van der Waals surface area contributed by atoms with Crippen LogP contribution in [-0.4, -0.2) is 17.9 Å². The van der Waals surface area contributed by atoms with E-state index in [1.54, 1.807) is 18.2 Å². The number of nitrogens with zero attached hydrogens (tertiary/aromatic N) is 1. The Labute approximate surface area is 213 Å². The van der Waals surface area contributed by atoms with Gasteiger partial charge in [0.2, 0.25) is 5.91 Å².